The highest BCUT2D eigenvalue weighted by Gasteiger charge is 2.27. The molecule has 2 aliphatic heterocycles. The number of esters is 1. The number of benzene rings is 1. The molecule has 1 aromatic rings. The van der Waals surface area contributed by atoms with E-state index in [1.54, 1.807) is 0 Å². The smallest absolute Gasteiger partial charge is 0.309 e. The van der Waals surface area contributed by atoms with Crippen molar-refractivity contribution in [1.29, 1.82) is 0 Å². The summed E-state index contributed by atoms with van der Waals surface area (Å²) in [7, 11) is 1.83. The molecule has 31 heavy (non-hydrogen) atoms. The number of guanidine groups is 1. The Kier molecular flexibility index (Phi) is 11.1. The van der Waals surface area contributed by atoms with Crippen molar-refractivity contribution in [1.82, 2.24) is 15.1 Å². The number of likely N-dealkylation sites (tertiary alicyclic amines) is 2. The molecule has 2 aliphatic rings. The largest absolute Gasteiger partial charge is 0.466 e. The lowest BCUT2D eigenvalue weighted by Gasteiger charge is -2.33. The fourth-order valence-corrected chi connectivity index (χ4v) is 4.65. The van der Waals surface area contributed by atoms with Gasteiger partial charge in [-0.15, -0.1) is 24.0 Å². The average Bonchev–Trinajstić information content (AvgIpc) is 2.76. The Morgan fingerprint density at radius 2 is 1.87 bits per heavy atom. The van der Waals surface area contributed by atoms with Gasteiger partial charge in [0.25, 0.3) is 0 Å². The fraction of sp³-hybridized carbons (Fsp3) is 0.667. The second kappa shape index (κ2) is 13.3. The first-order chi connectivity index (χ1) is 14.6. The van der Waals surface area contributed by atoms with Crippen molar-refractivity contribution < 1.29 is 9.53 Å². The van der Waals surface area contributed by atoms with E-state index in [9.17, 15) is 4.79 Å². The molecular weight excluding hydrogens is 503 g/mol. The summed E-state index contributed by atoms with van der Waals surface area (Å²) in [6, 6.07) is 8.73. The second-order valence-corrected chi connectivity index (χ2v) is 8.67. The van der Waals surface area contributed by atoms with Crippen molar-refractivity contribution in [2.75, 3.05) is 39.8 Å². The van der Waals surface area contributed by atoms with Crippen LogP contribution in [0.5, 0.6) is 0 Å². The molecule has 2 fully saturated rings. The average molecular weight is 543 g/mol. The molecule has 0 amide bonds. The molecule has 0 radical (unpaired) electrons. The van der Waals surface area contributed by atoms with E-state index >= 15 is 0 Å². The van der Waals surface area contributed by atoms with Crippen molar-refractivity contribution in [2.24, 2.45) is 16.8 Å². The Balaban J connectivity index is 0.00000341. The van der Waals surface area contributed by atoms with Crippen LogP contribution in [0, 0.1) is 11.8 Å². The number of piperidine rings is 2. The first-order valence-electron chi connectivity index (χ1n) is 11.5. The number of rotatable bonds is 6. The highest BCUT2D eigenvalue weighted by atomic mass is 127. The van der Waals surface area contributed by atoms with E-state index < -0.39 is 0 Å². The molecule has 0 bridgehead atoms. The number of ether oxygens (including phenoxy) is 1. The molecule has 1 N–H and O–H groups in total. The maximum atomic E-state index is 12.0. The zero-order valence-corrected chi connectivity index (χ0v) is 21.6. The molecular formula is C24H39IN4O2. The SMILES string of the molecule is CCOC(=O)C1CCN(C(=NC)NCc2ccccc2CN2CCCC(C)C2)CC1.I. The standard InChI is InChI=1S/C24H38N4O2.HI/c1-4-30-23(29)20-11-14-28(15-12-20)24(25-3)26-16-21-9-5-6-10-22(21)18-27-13-7-8-19(2)17-27;/h5-6,9-10,19-20H,4,7-8,11-18H2,1-3H3,(H,25,26);1H. The Morgan fingerprint density at radius 1 is 1.16 bits per heavy atom. The van der Waals surface area contributed by atoms with Gasteiger partial charge < -0.3 is 15.0 Å². The van der Waals surface area contributed by atoms with Gasteiger partial charge in [-0.05, 0) is 56.2 Å². The number of carbonyl (C=O) groups excluding carboxylic acids is 1. The van der Waals surface area contributed by atoms with E-state index in [1.165, 1.54) is 37.1 Å². The molecule has 174 valence electrons. The third-order valence-corrected chi connectivity index (χ3v) is 6.32. The first-order valence-corrected chi connectivity index (χ1v) is 11.5. The maximum absolute atomic E-state index is 12.0. The first kappa shape index (κ1) is 25.9. The molecule has 1 atom stereocenters. The monoisotopic (exact) mass is 542 g/mol. The number of halogens is 1. The Hall–Kier alpha value is -1.35. The van der Waals surface area contributed by atoms with Gasteiger partial charge in [0.15, 0.2) is 5.96 Å². The highest BCUT2D eigenvalue weighted by Crippen LogP contribution is 2.21. The summed E-state index contributed by atoms with van der Waals surface area (Å²) in [6.07, 6.45) is 4.30. The Morgan fingerprint density at radius 3 is 2.52 bits per heavy atom. The quantitative estimate of drug-likeness (QED) is 0.256. The lowest BCUT2D eigenvalue weighted by molar-refractivity contribution is -0.149. The summed E-state index contributed by atoms with van der Waals surface area (Å²) in [6.45, 7) is 10.5. The van der Waals surface area contributed by atoms with Crippen LogP contribution in [-0.2, 0) is 22.6 Å². The molecule has 6 nitrogen and oxygen atoms in total. The molecule has 2 saturated heterocycles. The van der Waals surface area contributed by atoms with Gasteiger partial charge in [-0.25, -0.2) is 0 Å². The van der Waals surface area contributed by atoms with Crippen LogP contribution in [-0.4, -0.2) is 61.6 Å². The maximum Gasteiger partial charge on any atom is 0.309 e. The summed E-state index contributed by atoms with van der Waals surface area (Å²) in [5.74, 6) is 1.67. The van der Waals surface area contributed by atoms with Crippen LogP contribution < -0.4 is 5.32 Å². The van der Waals surface area contributed by atoms with E-state index in [4.69, 9.17) is 4.74 Å². The van der Waals surface area contributed by atoms with Crippen LogP contribution in [0.15, 0.2) is 29.3 Å². The number of nitrogens with zero attached hydrogens (tertiary/aromatic N) is 3. The highest BCUT2D eigenvalue weighted by molar-refractivity contribution is 14.0. The third kappa shape index (κ3) is 7.63. The molecule has 1 aromatic carbocycles. The van der Waals surface area contributed by atoms with Gasteiger partial charge in [0.1, 0.15) is 0 Å². The van der Waals surface area contributed by atoms with E-state index in [0.29, 0.717) is 6.61 Å². The molecule has 1 unspecified atom stereocenters. The molecule has 0 aliphatic carbocycles. The number of nitrogens with one attached hydrogen (secondary N) is 1. The van der Waals surface area contributed by atoms with Gasteiger partial charge in [0, 0.05) is 39.8 Å². The molecule has 2 heterocycles. The fourth-order valence-electron chi connectivity index (χ4n) is 4.65. The minimum absolute atomic E-state index is 0. The lowest BCUT2D eigenvalue weighted by atomic mass is 9.97. The zero-order chi connectivity index (χ0) is 21.3. The van der Waals surface area contributed by atoms with Crippen LogP contribution in [0.4, 0.5) is 0 Å². The number of hydrogen-bond acceptors (Lipinski definition) is 4. The minimum Gasteiger partial charge on any atom is -0.466 e. The zero-order valence-electron chi connectivity index (χ0n) is 19.3. The van der Waals surface area contributed by atoms with E-state index in [0.717, 1.165) is 50.9 Å². The van der Waals surface area contributed by atoms with Gasteiger partial charge in [-0.2, -0.15) is 0 Å². The van der Waals surface area contributed by atoms with Gasteiger partial charge in [-0.1, -0.05) is 31.2 Å². The van der Waals surface area contributed by atoms with E-state index in [1.807, 2.05) is 14.0 Å². The van der Waals surface area contributed by atoms with Gasteiger partial charge >= 0.3 is 5.97 Å². The molecule has 7 heteroatoms. The topological polar surface area (TPSA) is 57.2 Å². The number of carbonyl (C=O) groups is 1. The summed E-state index contributed by atoms with van der Waals surface area (Å²) in [5, 5.41) is 3.55. The molecule has 0 saturated carbocycles. The molecule has 0 spiro atoms. The number of hydrogen-bond donors (Lipinski definition) is 1. The third-order valence-electron chi connectivity index (χ3n) is 6.32. The van der Waals surface area contributed by atoms with E-state index in [2.05, 4.69) is 51.3 Å². The van der Waals surface area contributed by atoms with Crippen molar-refractivity contribution in [3.63, 3.8) is 0 Å². The van der Waals surface area contributed by atoms with Crippen LogP contribution in [0.25, 0.3) is 0 Å². The van der Waals surface area contributed by atoms with Crippen molar-refractivity contribution in [3.05, 3.63) is 35.4 Å². The van der Waals surface area contributed by atoms with Gasteiger partial charge in [0.2, 0.25) is 0 Å². The van der Waals surface area contributed by atoms with Crippen molar-refractivity contribution >= 4 is 35.9 Å². The predicted molar refractivity (Wildman–Crippen MR) is 137 cm³/mol. The molecule has 3 rings (SSSR count). The van der Waals surface area contributed by atoms with Gasteiger partial charge in [-0.3, -0.25) is 14.7 Å². The Bertz CT molecular complexity index is 719. The van der Waals surface area contributed by atoms with Gasteiger partial charge in [0.05, 0.1) is 12.5 Å². The second-order valence-electron chi connectivity index (χ2n) is 8.67. The van der Waals surface area contributed by atoms with Crippen molar-refractivity contribution in [2.45, 2.75) is 52.6 Å². The summed E-state index contributed by atoms with van der Waals surface area (Å²) in [5.41, 5.74) is 2.73. The Labute approximate surface area is 204 Å². The number of aliphatic imine (C=N–C) groups is 1. The summed E-state index contributed by atoms with van der Waals surface area (Å²) >= 11 is 0. The normalized spacial score (nSPS) is 20.8. The van der Waals surface area contributed by atoms with E-state index in [-0.39, 0.29) is 35.9 Å². The van der Waals surface area contributed by atoms with Crippen LogP contribution in [0.1, 0.15) is 50.7 Å². The van der Waals surface area contributed by atoms with Crippen LogP contribution in [0.2, 0.25) is 0 Å². The minimum atomic E-state index is -0.0546. The van der Waals surface area contributed by atoms with Crippen LogP contribution in [0.3, 0.4) is 0 Å². The van der Waals surface area contributed by atoms with Crippen molar-refractivity contribution in [3.8, 4) is 0 Å². The molecule has 0 aromatic heterocycles. The predicted octanol–water partition coefficient (Wildman–Crippen LogP) is 3.89. The summed E-state index contributed by atoms with van der Waals surface area (Å²) in [4.78, 5) is 21.3. The summed E-state index contributed by atoms with van der Waals surface area (Å²) < 4.78 is 5.18. The lowest BCUT2D eigenvalue weighted by Crippen LogP contribution is -2.46. The van der Waals surface area contributed by atoms with Crippen LogP contribution >= 0.6 is 24.0 Å².